The molecule has 15 heavy (non-hydrogen) atoms. The molecule has 0 fully saturated rings. The van der Waals surface area contributed by atoms with Crippen LogP contribution >= 0.6 is 0 Å². The summed E-state index contributed by atoms with van der Waals surface area (Å²) >= 11 is 0. The fourth-order valence-corrected chi connectivity index (χ4v) is 0.489. The van der Waals surface area contributed by atoms with Crippen LogP contribution < -0.4 is 34.4 Å². The van der Waals surface area contributed by atoms with Crippen molar-refractivity contribution >= 4 is 0 Å². The topological polar surface area (TPSA) is 156 Å². The number of rotatable bonds is 5. The molecule has 0 saturated heterocycles. The lowest BCUT2D eigenvalue weighted by Crippen LogP contribution is -2.28. The van der Waals surface area contributed by atoms with E-state index in [1.54, 1.807) is 0 Å². The standard InChI is InChI=1S/C5H14N2.2C2H8N2/c1-2-3-5(7)4-6;2*3-1-2-4/h5H,2-4,6-7H2,1H3;2*1-4H2. The Balaban J connectivity index is -0.000000155. The van der Waals surface area contributed by atoms with E-state index in [2.05, 4.69) is 6.92 Å². The van der Waals surface area contributed by atoms with Gasteiger partial charge < -0.3 is 34.4 Å². The first-order chi connectivity index (χ1) is 7.14. The van der Waals surface area contributed by atoms with Gasteiger partial charge in [-0.05, 0) is 6.42 Å². The fraction of sp³-hybridized carbons (Fsp3) is 1.00. The van der Waals surface area contributed by atoms with E-state index in [4.69, 9.17) is 34.4 Å². The normalized spacial score (nSPS) is 10.6. The molecule has 0 saturated carbocycles. The molecule has 1 unspecified atom stereocenters. The predicted molar refractivity (Wildman–Crippen MR) is 68.2 cm³/mol. The van der Waals surface area contributed by atoms with Crippen molar-refractivity contribution in [1.29, 1.82) is 0 Å². The van der Waals surface area contributed by atoms with E-state index in [9.17, 15) is 0 Å². The molecule has 0 aromatic rings. The summed E-state index contributed by atoms with van der Waals surface area (Å²) in [5.74, 6) is 0. The molecule has 0 aliphatic rings. The predicted octanol–water partition coefficient (Wildman–Crippen LogP) is -2.12. The average Bonchev–Trinajstić information content (AvgIpc) is 2.30. The Hall–Kier alpha value is -0.240. The van der Waals surface area contributed by atoms with Gasteiger partial charge in [-0.2, -0.15) is 0 Å². The molecule has 12 N–H and O–H groups in total. The van der Waals surface area contributed by atoms with E-state index in [0.29, 0.717) is 32.7 Å². The second-order valence-corrected chi connectivity index (χ2v) is 2.94. The number of nitrogens with two attached hydrogens (primary N) is 6. The third-order valence-corrected chi connectivity index (χ3v) is 1.30. The third-order valence-electron chi connectivity index (χ3n) is 1.30. The molecule has 0 aromatic heterocycles. The lowest BCUT2D eigenvalue weighted by atomic mass is 10.2. The van der Waals surface area contributed by atoms with E-state index in [0.717, 1.165) is 12.8 Å². The van der Waals surface area contributed by atoms with Crippen LogP contribution in [0.2, 0.25) is 0 Å². The highest BCUT2D eigenvalue weighted by Gasteiger charge is 1.93. The highest BCUT2D eigenvalue weighted by molar-refractivity contribution is 4.58. The maximum absolute atomic E-state index is 5.46. The molecule has 0 aromatic carbocycles. The summed E-state index contributed by atoms with van der Waals surface area (Å²) in [5.41, 5.74) is 30.3. The summed E-state index contributed by atoms with van der Waals surface area (Å²) in [6.07, 6.45) is 2.19. The van der Waals surface area contributed by atoms with Crippen molar-refractivity contribution in [2.45, 2.75) is 25.8 Å². The molecule has 0 aliphatic heterocycles. The summed E-state index contributed by atoms with van der Waals surface area (Å²) in [6, 6.07) is 0.227. The van der Waals surface area contributed by atoms with Gasteiger partial charge in [0.25, 0.3) is 0 Å². The Kier molecular flexibility index (Phi) is 31.7. The van der Waals surface area contributed by atoms with Crippen LogP contribution in [-0.2, 0) is 0 Å². The van der Waals surface area contributed by atoms with Crippen molar-refractivity contribution in [2.24, 2.45) is 34.4 Å². The first-order valence-electron chi connectivity index (χ1n) is 5.40. The lowest BCUT2D eigenvalue weighted by molar-refractivity contribution is 0.612. The Labute approximate surface area is 93.7 Å². The van der Waals surface area contributed by atoms with Crippen molar-refractivity contribution < 1.29 is 0 Å². The molecule has 6 nitrogen and oxygen atoms in total. The molecular weight excluding hydrogens is 192 g/mol. The lowest BCUT2D eigenvalue weighted by Gasteiger charge is -2.03. The first-order valence-corrected chi connectivity index (χ1v) is 5.40. The van der Waals surface area contributed by atoms with E-state index in [1.807, 2.05) is 0 Å². The van der Waals surface area contributed by atoms with Crippen LogP contribution in [0.5, 0.6) is 0 Å². The van der Waals surface area contributed by atoms with Gasteiger partial charge in [-0.3, -0.25) is 0 Å². The highest BCUT2D eigenvalue weighted by atomic mass is 14.7. The second-order valence-electron chi connectivity index (χ2n) is 2.94. The van der Waals surface area contributed by atoms with E-state index < -0.39 is 0 Å². The van der Waals surface area contributed by atoms with Gasteiger partial charge in [-0.1, -0.05) is 13.3 Å². The monoisotopic (exact) mass is 222 g/mol. The van der Waals surface area contributed by atoms with E-state index >= 15 is 0 Å². The molecule has 0 spiro atoms. The number of hydrogen-bond acceptors (Lipinski definition) is 6. The minimum absolute atomic E-state index is 0.227. The highest BCUT2D eigenvalue weighted by Crippen LogP contribution is 1.88. The molecule has 96 valence electrons. The van der Waals surface area contributed by atoms with Crippen molar-refractivity contribution in [3.63, 3.8) is 0 Å². The van der Waals surface area contributed by atoms with Crippen molar-refractivity contribution in [3.05, 3.63) is 0 Å². The van der Waals surface area contributed by atoms with Gasteiger partial charge in [0.2, 0.25) is 0 Å². The van der Waals surface area contributed by atoms with Crippen LogP contribution in [0.1, 0.15) is 19.8 Å². The van der Waals surface area contributed by atoms with Gasteiger partial charge >= 0.3 is 0 Å². The summed E-state index contributed by atoms with van der Waals surface area (Å²) < 4.78 is 0. The Morgan fingerprint density at radius 3 is 1.20 bits per heavy atom. The smallest absolute Gasteiger partial charge is 0.0162 e. The fourth-order valence-electron chi connectivity index (χ4n) is 0.489. The Bertz CT molecular complexity index is 73.0. The van der Waals surface area contributed by atoms with Crippen LogP contribution in [0.3, 0.4) is 0 Å². The zero-order chi connectivity index (χ0) is 12.5. The minimum atomic E-state index is 0.227. The quantitative estimate of drug-likeness (QED) is 0.312. The molecule has 0 bridgehead atoms. The van der Waals surface area contributed by atoms with Crippen LogP contribution in [0.25, 0.3) is 0 Å². The van der Waals surface area contributed by atoms with Crippen molar-refractivity contribution in [2.75, 3.05) is 32.7 Å². The van der Waals surface area contributed by atoms with Gasteiger partial charge in [-0.15, -0.1) is 0 Å². The molecule has 0 aliphatic carbocycles. The summed E-state index contributed by atoms with van der Waals surface area (Å²) in [6.45, 7) is 5.11. The van der Waals surface area contributed by atoms with Crippen molar-refractivity contribution in [1.82, 2.24) is 0 Å². The maximum Gasteiger partial charge on any atom is 0.0162 e. The Morgan fingerprint density at radius 2 is 1.13 bits per heavy atom. The largest absolute Gasteiger partial charge is 0.329 e. The first kappa shape index (κ1) is 20.2. The molecular formula is C9H30N6. The molecule has 0 radical (unpaired) electrons. The number of hydrogen-bond donors (Lipinski definition) is 6. The van der Waals surface area contributed by atoms with Crippen LogP contribution in [0.4, 0.5) is 0 Å². The minimum Gasteiger partial charge on any atom is -0.329 e. The molecule has 0 rings (SSSR count). The van der Waals surface area contributed by atoms with Crippen molar-refractivity contribution in [3.8, 4) is 0 Å². The van der Waals surface area contributed by atoms with E-state index in [-0.39, 0.29) is 6.04 Å². The van der Waals surface area contributed by atoms with Gasteiger partial charge in [0, 0.05) is 38.8 Å². The van der Waals surface area contributed by atoms with E-state index in [1.165, 1.54) is 0 Å². The summed E-state index contributed by atoms with van der Waals surface area (Å²) in [4.78, 5) is 0. The molecule has 1 atom stereocenters. The van der Waals surface area contributed by atoms with Gasteiger partial charge in [0.05, 0.1) is 0 Å². The zero-order valence-corrected chi connectivity index (χ0v) is 9.99. The molecule has 0 amide bonds. The second kappa shape index (κ2) is 23.5. The maximum atomic E-state index is 5.46. The van der Waals surface area contributed by atoms with Crippen LogP contribution in [-0.4, -0.2) is 38.8 Å². The van der Waals surface area contributed by atoms with Gasteiger partial charge in [0.1, 0.15) is 0 Å². The van der Waals surface area contributed by atoms with Crippen LogP contribution in [0.15, 0.2) is 0 Å². The molecule has 6 heteroatoms. The van der Waals surface area contributed by atoms with Crippen LogP contribution in [0, 0.1) is 0 Å². The summed E-state index contributed by atoms with van der Waals surface area (Å²) in [5, 5.41) is 0. The Morgan fingerprint density at radius 1 is 0.800 bits per heavy atom. The van der Waals surface area contributed by atoms with Gasteiger partial charge in [-0.25, -0.2) is 0 Å². The van der Waals surface area contributed by atoms with Gasteiger partial charge in [0.15, 0.2) is 0 Å². The zero-order valence-electron chi connectivity index (χ0n) is 9.99. The third kappa shape index (κ3) is 41.6. The molecule has 0 heterocycles. The summed E-state index contributed by atoms with van der Waals surface area (Å²) in [7, 11) is 0. The average molecular weight is 222 g/mol. The SMILES string of the molecule is CCCC(N)CN.NCCN.NCCN.